The van der Waals surface area contributed by atoms with Crippen molar-refractivity contribution in [3.63, 3.8) is 0 Å². The highest BCUT2D eigenvalue weighted by Crippen LogP contribution is 2.46. The van der Waals surface area contributed by atoms with Gasteiger partial charge in [-0.25, -0.2) is 0 Å². The molecule has 3 rings (SSSR count). The minimum absolute atomic E-state index is 0.0682. The lowest BCUT2D eigenvalue weighted by atomic mass is 9.82. The summed E-state index contributed by atoms with van der Waals surface area (Å²) in [7, 11) is 0. The SMILES string of the molecule is N#CC1=C(N)OC(c2ccccc2)=C(C#N)C1c1c(Cl)cccc1Cl. The van der Waals surface area contributed by atoms with Gasteiger partial charge in [0, 0.05) is 21.2 Å². The summed E-state index contributed by atoms with van der Waals surface area (Å²) < 4.78 is 5.62. The monoisotopic (exact) mass is 367 g/mol. The van der Waals surface area contributed by atoms with Gasteiger partial charge in [0.25, 0.3) is 0 Å². The number of hydrogen-bond acceptors (Lipinski definition) is 4. The second-order valence-corrected chi connectivity index (χ2v) is 6.10. The average Bonchev–Trinajstić information content (AvgIpc) is 2.62. The molecule has 0 bridgehead atoms. The molecule has 2 aromatic carbocycles. The van der Waals surface area contributed by atoms with Crippen LogP contribution in [0.15, 0.2) is 65.6 Å². The number of rotatable bonds is 2. The van der Waals surface area contributed by atoms with Crippen molar-refractivity contribution in [3.05, 3.63) is 86.7 Å². The predicted molar refractivity (Wildman–Crippen MR) is 96.1 cm³/mol. The molecule has 0 aliphatic carbocycles. The maximum atomic E-state index is 9.79. The molecule has 4 nitrogen and oxygen atoms in total. The predicted octanol–water partition coefficient (Wildman–Crippen LogP) is 4.74. The third-order valence-electron chi connectivity index (χ3n) is 3.86. The van der Waals surface area contributed by atoms with Crippen LogP contribution in [-0.4, -0.2) is 0 Å². The fraction of sp³-hybridized carbons (Fsp3) is 0.0526. The lowest BCUT2D eigenvalue weighted by molar-refractivity contribution is 0.357. The van der Waals surface area contributed by atoms with E-state index in [1.54, 1.807) is 30.3 Å². The van der Waals surface area contributed by atoms with Crippen LogP contribution < -0.4 is 5.73 Å². The molecule has 6 heteroatoms. The Morgan fingerprint density at radius 3 is 2.04 bits per heavy atom. The lowest BCUT2D eigenvalue weighted by Gasteiger charge is -2.27. The van der Waals surface area contributed by atoms with Crippen molar-refractivity contribution in [2.45, 2.75) is 5.92 Å². The molecule has 1 heterocycles. The number of allylic oxidation sites excluding steroid dienone is 2. The van der Waals surface area contributed by atoms with Gasteiger partial charge in [-0.15, -0.1) is 0 Å². The highest BCUT2D eigenvalue weighted by atomic mass is 35.5. The van der Waals surface area contributed by atoms with E-state index in [4.69, 9.17) is 33.7 Å². The molecule has 2 N–H and O–H groups in total. The van der Waals surface area contributed by atoms with Crippen molar-refractivity contribution < 1.29 is 4.74 Å². The van der Waals surface area contributed by atoms with E-state index in [1.165, 1.54) is 0 Å². The summed E-state index contributed by atoms with van der Waals surface area (Å²) in [5.74, 6) is -0.568. The first-order valence-corrected chi connectivity index (χ1v) is 8.05. The molecule has 0 saturated heterocycles. The normalized spacial score (nSPS) is 16.9. The Hall–Kier alpha value is -2.92. The first-order valence-electron chi connectivity index (χ1n) is 7.29. The number of benzene rings is 2. The van der Waals surface area contributed by atoms with Crippen LogP contribution in [0.3, 0.4) is 0 Å². The quantitative estimate of drug-likeness (QED) is 0.830. The van der Waals surface area contributed by atoms with Crippen molar-refractivity contribution in [3.8, 4) is 12.1 Å². The van der Waals surface area contributed by atoms with E-state index < -0.39 is 5.92 Å². The van der Waals surface area contributed by atoms with E-state index in [9.17, 15) is 10.5 Å². The van der Waals surface area contributed by atoms with Crippen LogP contribution in [0.5, 0.6) is 0 Å². The fourth-order valence-electron chi connectivity index (χ4n) is 2.75. The summed E-state index contributed by atoms with van der Waals surface area (Å²) in [5.41, 5.74) is 7.43. The molecule has 1 aliphatic rings. The third-order valence-corrected chi connectivity index (χ3v) is 4.52. The number of ether oxygens (including phenoxy) is 1. The van der Waals surface area contributed by atoms with Gasteiger partial charge in [0.2, 0.25) is 5.88 Å². The summed E-state index contributed by atoms with van der Waals surface area (Å²) in [4.78, 5) is 0. The molecule has 2 aromatic rings. The number of hydrogen-bond donors (Lipinski definition) is 1. The molecule has 1 aliphatic heterocycles. The fourth-order valence-corrected chi connectivity index (χ4v) is 3.37. The van der Waals surface area contributed by atoms with Crippen LogP contribution in [0.1, 0.15) is 17.0 Å². The number of nitrogens with two attached hydrogens (primary N) is 1. The van der Waals surface area contributed by atoms with Crippen molar-refractivity contribution in [2.75, 3.05) is 0 Å². The standard InChI is InChI=1S/C19H11Cl2N3O/c20-14-7-4-8-15(21)17(14)16-12(9-22)18(11-5-2-1-3-6-11)25-19(24)13(16)10-23/h1-8,16H,24H2. The van der Waals surface area contributed by atoms with E-state index in [0.29, 0.717) is 26.9 Å². The summed E-state index contributed by atoms with van der Waals surface area (Å²) in [6, 6.07) is 18.2. The van der Waals surface area contributed by atoms with Crippen LogP contribution in [0.25, 0.3) is 5.76 Å². The van der Waals surface area contributed by atoms with Gasteiger partial charge in [-0.3, -0.25) is 0 Å². The van der Waals surface area contributed by atoms with E-state index >= 15 is 0 Å². The van der Waals surface area contributed by atoms with Gasteiger partial charge < -0.3 is 10.5 Å². The molecule has 0 fully saturated rings. The molecule has 25 heavy (non-hydrogen) atoms. The van der Waals surface area contributed by atoms with Gasteiger partial charge in [-0.05, 0) is 12.1 Å². The molecular weight excluding hydrogens is 357 g/mol. The maximum Gasteiger partial charge on any atom is 0.205 e. The van der Waals surface area contributed by atoms with Gasteiger partial charge in [-0.1, -0.05) is 59.6 Å². The number of nitrogens with zero attached hydrogens (tertiary/aromatic N) is 2. The molecular formula is C19H11Cl2N3O. The topological polar surface area (TPSA) is 82.8 Å². The summed E-state index contributed by atoms with van der Waals surface area (Å²) in [6.45, 7) is 0. The first kappa shape index (κ1) is 16.9. The Labute approximate surface area is 155 Å². The van der Waals surface area contributed by atoms with Gasteiger partial charge in [0.05, 0.1) is 17.6 Å². The highest BCUT2D eigenvalue weighted by Gasteiger charge is 2.36. The Morgan fingerprint density at radius 2 is 1.48 bits per heavy atom. The van der Waals surface area contributed by atoms with Gasteiger partial charge in [0.15, 0.2) is 5.76 Å². The first-order chi connectivity index (χ1) is 12.1. The zero-order valence-electron chi connectivity index (χ0n) is 12.8. The van der Waals surface area contributed by atoms with E-state index in [0.717, 1.165) is 0 Å². The molecule has 0 spiro atoms. The second-order valence-electron chi connectivity index (χ2n) is 5.28. The maximum absolute atomic E-state index is 9.79. The smallest absolute Gasteiger partial charge is 0.205 e. The molecule has 0 radical (unpaired) electrons. The van der Waals surface area contributed by atoms with E-state index in [2.05, 4.69) is 6.07 Å². The number of halogens is 2. The molecule has 0 amide bonds. The van der Waals surface area contributed by atoms with Crippen LogP contribution in [0.4, 0.5) is 0 Å². The van der Waals surface area contributed by atoms with Crippen LogP contribution in [-0.2, 0) is 4.74 Å². The van der Waals surface area contributed by atoms with Crippen molar-refractivity contribution in [2.24, 2.45) is 5.73 Å². The summed E-state index contributed by atoms with van der Waals surface area (Å²) >= 11 is 12.6. The van der Waals surface area contributed by atoms with Gasteiger partial charge in [-0.2, -0.15) is 10.5 Å². The largest absolute Gasteiger partial charge is 0.439 e. The molecule has 122 valence electrons. The highest BCUT2D eigenvalue weighted by molar-refractivity contribution is 6.36. The minimum Gasteiger partial charge on any atom is -0.439 e. The Balaban J connectivity index is 2.32. The van der Waals surface area contributed by atoms with E-state index in [-0.39, 0.29) is 17.0 Å². The minimum atomic E-state index is -0.792. The van der Waals surface area contributed by atoms with Crippen molar-refractivity contribution >= 4 is 29.0 Å². The molecule has 0 saturated carbocycles. The Bertz CT molecular complexity index is 962. The van der Waals surface area contributed by atoms with Crippen LogP contribution >= 0.6 is 23.2 Å². The second kappa shape index (κ2) is 6.91. The molecule has 1 unspecified atom stereocenters. The lowest BCUT2D eigenvalue weighted by Crippen LogP contribution is -2.20. The van der Waals surface area contributed by atoms with Gasteiger partial charge in [0.1, 0.15) is 11.6 Å². The summed E-state index contributed by atoms with van der Waals surface area (Å²) in [6.07, 6.45) is 0. The van der Waals surface area contributed by atoms with E-state index in [1.807, 2.05) is 24.3 Å². The zero-order chi connectivity index (χ0) is 18.0. The number of nitriles is 2. The van der Waals surface area contributed by atoms with Crippen molar-refractivity contribution in [1.29, 1.82) is 10.5 Å². The van der Waals surface area contributed by atoms with Gasteiger partial charge >= 0.3 is 0 Å². The van der Waals surface area contributed by atoms with Crippen LogP contribution in [0.2, 0.25) is 10.0 Å². The third kappa shape index (κ3) is 2.94. The average molecular weight is 368 g/mol. The Morgan fingerprint density at radius 1 is 0.880 bits per heavy atom. The van der Waals surface area contributed by atoms with Crippen LogP contribution in [0, 0.1) is 22.7 Å². The molecule has 0 aromatic heterocycles. The Kier molecular flexibility index (Phi) is 4.67. The summed E-state index contributed by atoms with van der Waals surface area (Å²) in [5, 5.41) is 20.0. The van der Waals surface area contributed by atoms with Crippen molar-refractivity contribution in [1.82, 2.24) is 0 Å². The zero-order valence-corrected chi connectivity index (χ0v) is 14.3. The molecule has 1 atom stereocenters.